The highest BCUT2D eigenvalue weighted by Gasteiger charge is 2.12. The summed E-state index contributed by atoms with van der Waals surface area (Å²) in [6, 6.07) is 12.7. The second-order valence-electron chi connectivity index (χ2n) is 4.21. The fourth-order valence-electron chi connectivity index (χ4n) is 1.87. The number of hydrogen-bond donors (Lipinski definition) is 1. The molecule has 0 aliphatic heterocycles. The minimum absolute atomic E-state index is 0.270. The molecule has 0 heterocycles. The van der Waals surface area contributed by atoms with E-state index < -0.39 is 10.1 Å². The molecule has 0 aliphatic rings. The Labute approximate surface area is 117 Å². The average molecular weight is 290 g/mol. The predicted molar refractivity (Wildman–Crippen MR) is 74.1 cm³/mol. The molecule has 0 saturated carbocycles. The number of benzene rings is 2. The molecular weight excluding hydrogens is 278 g/mol. The van der Waals surface area contributed by atoms with Gasteiger partial charge in [-0.15, -0.1) is 0 Å². The van der Waals surface area contributed by atoms with Crippen LogP contribution < -0.4 is 5.32 Å². The SMILES string of the molecule is CC(=O)Nc1ccc(S(=O)(=O)[O-])c(-c2ccccc2)c1. The van der Waals surface area contributed by atoms with E-state index in [-0.39, 0.29) is 16.4 Å². The Morgan fingerprint density at radius 1 is 1.10 bits per heavy atom. The zero-order valence-corrected chi connectivity index (χ0v) is 11.5. The molecule has 0 radical (unpaired) electrons. The minimum Gasteiger partial charge on any atom is -0.744 e. The Balaban J connectivity index is 2.63. The van der Waals surface area contributed by atoms with Crippen molar-refractivity contribution >= 4 is 21.7 Å². The van der Waals surface area contributed by atoms with Crippen molar-refractivity contribution in [3.05, 3.63) is 48.5 Å². The molecule has 0 saturated heterocycles. The van der Waals surface area contributed by atoms with Crippen molar-refractivity contribution in [2.75, 3.05) is 5.32 Å². The van der Waals surface area contributed by atoms with Crippen LogP contribution in [-0.4, -0.2) is 18.9 Å². The lowest BCUT2D eigenvalue weighted by Gasteiger charge is -2.15. The van der Waals surface area contributed by atoms with Crippen LogP contribution in [0.25, 0.3) is 11.1 Å². The Morgan fingerprint density at radius 2 is 1.75 bits per heavy atom. The van der Waals surface area contributed by atoms with Crippen LogP contribution >= 0.6 is 0 Å². The molecule has 0 fully saturated rings. The average Bonchev–Trinajstić information content (AvgIpc) is 2.37. The summed E-state index contributed by atoms with van der Waals surface area (Å²) in [5, 5.41) is 2.56. The Hall–Kier alpha value is -2.18. The van der Waals surface area contributed by atoms with E-state index >= 15 is 0 Å². The van der Waals surface area contributed by atoms with Gasteiger partial charge in [0.2, 0.25) is 5.91 Å². The van der Waals surface area contributed by atoms with Gasteiger partial charge in [0.05, 0.1) is 4.90 Å². The molecule has 0 aromatic heterocycles. The lowest BCUT2D eigenvalue weighted by Crippen LogP contribution is -2.07. The zero-order chi connectivity index (χ0) is 14.8. The van der Waals surface area contributed by atoms with Gasteiger partial charge in [-0.05, 0) is 23.8 Å². The van der Waals surface area contributed by atoms with Gasteiger partial charge in [-0.2, -0.15) is 0 Å². The van der Waals surface area contributed by atoms with Crippen LogP contribution in [0.4, 0.5) is 5.69 Å². The van der Waals surface area contributed by atoms with Gasteiger partial charge in [0, 0.05) is 18.2 Å². The van der Waals surface area contributed by atoms with Crippen molar-refractivity contribution in [1.82, 2.24) is 0 Å². The number of nitrogens with one attached hydrogen (secondary N) is 1. The largest absolute Gasteiger partial charge is 0.744 e. The molecule has 6 heteroatoms. The molecule has 0 unspecified atom stereocenters. The van der Waals surface area contributed by atoms with Gasteiger partial charge in [0.1, 0.15) is 10.1 Å². The lowest BCUT2D eigenvalue weighted by molar-refractivity contribution is -0.114. The molecule has 20 heavy (non-hydrogen) atoms. The second-order valence-corrected chi connectivity index (χ2v) is 5.56. The smallest absolute Gasteiger partial charge is 0.221 e. The molecule has 1 amide bonds. The number of carbonyl (C=O) groups is 1. The van der Waals surface area contributed by atoms with E-state index in [1.54, 1.807) is 30.3 Å². The summed E-state index contributed by atoms with van der Waals surface area (Å²) >= 11 is 0. The van der Waals surface area contributed by atoms with E-state index in [0.29, 0.717) is 11.3 Å². The van der Waals surface area contributed by atoms with E-state index in [1.165, 1.54) is 25.1 Å². The summed E-state index contributed by atoms with van der Waals surface area (Å²) in [7, 11) is -4.59. The van der Waals surface area contributed by atoms with E-state index in [1.807, 2.05) is 0 Å². The highest BCUT2D eigenvalue weighted by atomic mass is 32.2. The number of anilines is 1. The summed E-state index contributed by atoms with van der Waals surface area (Å²) in [5.41, 5.74) is 1.30. The quantitative estimate of drug-likeness (QED) is 0.878. The molecule has 2 rings (SSSR count). The predicted octanol–water partition coefficient (Wildman–Crippen LogP) is 2.22. The fourth-order valence-corrected chi connectivity index (χ4v) is 2.55. The van der Waals surface area contributed by atoms with Gasteiger partial charge in [-0.25, -0.2) is 8.42 Å². The standard InChI is InChI=1S/C14H13NO4S/c1-10(16)15-12-7-8-14(20(17,18)19)13(9-12)11-5-3-2-4-6-11/h2-9H,1H3,(H,15,16)(H,17,18,19)/p-1. The number of carbonyl (C=O) groups excluding carboxylic acids is 1. The molecule has 0 aliphatic carbocycles. The van der Waals surface area contributed by atoms with Gasteiger partial charge in [0.15, 0.2) is 0 Å². The normalized spacial score (nSPS) is 11.1. The van der Waals surface area contributed by atoms with Crippen LogP contribution in [-0.2, 0) is 14.9 Å². The van der Waals surface area contributed by atoms with E-state index in [9.17, 15) is 17.8 Å². The highest BCUT2D eigenvalue weighted by molar-refractivity contribution is 7.85. The summed E-state index contributed by atoms with van der Waals surface area (Å²) < 4.78 is 34.0. The minimum atomic E-state index is -4.59. The van der Waals surface area contributed by atoms with Gasteiger partial charge in [0.25, 0.3) is 0 Å². The Bertz CT molecular complexity index is 739. The second kappa shape index (κ2) is 5.44. The topological polar surface area (TPSA) is 86.3 Å². The lowest BCUT2D eigenvalue weighted by atomic mass is 10.1. The van der Waals surface area contributed by atoms with Crippen molar-refractivity contribution in [2.45, 2.75) is 11.8 Å². The molecule has 5 nitrogen and oxygen atoms in total. The molecule has 2 aromatic carbocycles. The molecule has 0 bridgehead atoms. The van der Waals surface area contributed by atoms with Crippen molar-refractivity contribution in [3.8, 4) is 11.1 Å². The fraction of sp³-hybridized carbons (Fsp3) is 0.0714. The van der Waals surface area contributed by atoms with Crippen molar-refractivity contribution < 1.29 is 17.8 Å². The third-order valence-electron chi connectivity index (χ3n) is 2.65. The van der Waals surface area contributed by atoms with Gasteiger partial charge < -0.3 is 9.87 Å². The Kier molecular flexibility index (Phi) is 3.87. The van der Waals surface area contributed by atoms with Gasteiger partial charge >= 0.3 is 0 Å². The number of amides is 1. The molecule has 0 spiro atoms. The number of rotatable bonds is 3. The third-order valence-corrected chi connectivity index (χ3v) is 3.55. The number of hydrogen-bond acceptors (Lipinski definition) is 4. The molecule has 1 N–H and O–H groups in total. The van der Waals surface area contributed by atoms with E-state index in [2.05, 4.69) is 5.32 Å². The van der Waals surface area contributed by atoms with Crippen LogP contribution in [0.2, 0.25) is 0 Å². The highest BCUT2D eigenvalue weighted by Crippen LogP contribution is 2.30. The molecular formula is C14H12NO4S-. The summed E-state index contributed by atoms with van der Waals surface area (Å²) in [4.78, 5) is 10.7. The van der Waals surface area contributed by atoms with E-state index in [4.69, 9.17) is 0 Å². The van der Waals surface area contributed by atoms with Gasteiger partial charge in [-0.3, -0.25) is 4.79 Å². The maximum Gasteiger partial charge on any atom is 0.221 e. The first kappa shape index (κ1) is 14.2. The third kappa shape index (κ3) is 3.23. The monoisotopic (exact) mass is 290 g/mol. The van der Waals surface area contributed by atoms with Crippen LogP contribution in [0.15, 0.2) is 53.4 Å². The van der Waals surface area contributed by atoms with Crippen LogP contribution in [0.5, 0.6) is 0 Å². The first-order valence-corrected chi connectivity index (χ1v) is 7.22. The first-order valence-electron chi connectivity index (χ1n) is 5.81. The maximum absolute atomic E-state index is 11.3. The molecule has 2 aromatic rings. The van der Waals surface area contributed by atoms with Crippen molar-refractivity contribution in [1.29, 1.82) is 0 Å². The zero-order valence-electron chi connectivity index (χ0n) is 10.7. The maximum atomic E-state index is 11.3. The van der Waals surface area contributed by atoms with Crippen molar-refractivity contribution in [2.24, 2.45) is 0 Å². The van der Waals surface area contributed by atoms with Gasteiger partial charge in [-0.1, -0.05) is 30.3 Å². The first-order chi connectivity index (χ1) is 9.38. The van der Waals surface area contributed by atoms with E-state index in [0.717, 1.165) is 0 Å². The van der Waals surface area contributed by atoms with Crippen LogP contribution in [0, 0.1) is 0 Å². The van der Waals surface area contributed by atoms with Crippen LogP contribution in [0.3, 0.4) is 0 Å². The summed E-state index contributed by atoms with van der Waals surface area (Å²) in [5.74, 6) is -0.276. The Morgan fingerprint density at radius 3 is 2.30 bits per heavy atom. The van der Waals surface area contributed by atoms with Crippen LogP contribution in [0.1, 0.15) is 6.92 Å². The molecule has 104 valence electrons. The summed E-state index contributed by atoms with van der Waals surface area (Å²) in [6.07, 6.45) is 0. The summed E-state index contributed by atoms with van der Waals surface area (Å²) in [6.45, 7) is 1.35. The van der Waals surface area contributed by atoms with Crippen molar-refractivity contribution in [3.63, 3.8) is 0 Å². The molecule has 0 atom stereocenters.